The second-order valence-corrected chi connectivity index (χ2v) is 34.5. The summed E-state index contributed by atoms with van der Waals surface area (Å²) in [5, 5.41) is 22.8. The third-order valence-corrected chi connectivity index (χ3v) is 23.4. The van der Waals surface area contributed by atoms with Gasteiger partial charge < -0.3 is 93.9 Å². The number of allylic oxidation sites excluding steroid dienone is 6. The Labute approximate surface area is 718 Å². The van der Waals surface area contributed by atoms with Crippen LogP contribution in [-0.4, -0.2) is 222 Å². The van der Waals surface area contributed by atoms with Crippen LogP contribution in [0.4, 0.5) is 11.4 Å². The van der Waals surface area contributed by atoms with E-state index in [9.17, 15) is 70.8 Å². The molecule has 1 unspecified atom stereocenters. The van der Waals surface area contributed by atoms with Gasteiger partial charge in [-0.3, -0.25) is 82.4 Å². The van der Waals surface area contributed by atoms with Gasteiger partial charge in [-0.15, -0.1) is 11.8 Å². The Morgan fingerprint density at radius 1 is 0.598 bits per heavy atom. The number of fused-ring (bicyclic) bond motifs is 2. The lowest BCUT2D eigenvalue weighted by Crippen LogP contribution is -2.49. The maximum Gasteiger partial charge on any atom is 0.327 e. The summed E-state index contributed by atoms with van der Waals surface area (Å²) in [5.41, 5.74) is 62.3. The molecule has 3 aliphatic rings. The molecule has 672 valence electrons. The van der Waals surface area contributed by atoms with Crippen molar-refractivity contribution in [2.75, 3.05) is 76.1 Å². The first-order chi connectivity index (χ1) is 57.5. The highest BCUT2D eigenvalue weighted by Gasteiger charge is 2.46. The minimum atomic E-state index is -4.51. The summed E-state index contributed by atoms with van der Waals surface area (Å²) in [6, 6.07) is 6.70. The van der Waals surface area contributed by atoms with E-state index in [2.05, 4.69) is 113 Å². The van der Waals surface area contributed by atoms with Gasteiger partial charge in [0.25, 0.3) is 10.1 Å². The van der Waals surface area contributed by atoms with E-state index in [0.29, 0.717) is 25.8 Å². The van der Waals surface area contributed by atoms with Crippen LogP contribution >= 0.6 is 11.8 Å². The highest BCUT2D eigenvalue weighted by atomic mass is 32.2. The molecule has 1 fully saturated rings. The number of carboxylic acids is 1. The van der Waals surface area contributed by atoms with Crippen LogP contribution in [0.2, 0.25) is 0 Å². The first kappa shape index (κ1) is 101. The molecule has 7 atom stereocenters. The number of hydrogen-bond acceptors (Lipinski definition) is 20. The molecule has 2 aromatic carbocycles. The fourth-order valence-electron chi connectivity index (χ4n) is 14.7. The van der Waals surface area contributed by atoms with Crippen LogP contribution < -0.4 is 88.8 Å². The number of carbonyl (C=O) groups is 11. The quantitative estimate of drug-likeness (QED) is 0.00843. The van der Waals surface area contributed by atoms with Gasteiger partial charge in [0.1, 0.15) is 12.6 Å². The summed E-state index contributed by atoms with van der Waals surface area (Å²) >= 11 is 0.814. The van der Waals surface area contributed by atoms with Crippen molar-refractivity contribution in [2.24, 2.45) is 106 Å². The number of carboxylic acid groups (broad SMARTS) is 1. The molecule has 27 N–H and O–H groups in total. The van der Waals surface area contributed by atoms with Crippen LogP contribution in [0.1, 0.15) is 181 Å². The number of likely N-dealkylation sites (tertiary alicyclic amines) is 1. The minimum Gasteiger partial charge on any atom is -0.480 e. The van der Waals surface area contributed by atoms with Crippen LogP contribution in [-0.2, 0) is 73.7 Å². The molecule has 38 nitrogen and oxygen atoms in total. The Kier molecular flexibility index (Phi) is 40.7. The molecule has 7 amide bonds. The number of unbranched alkanes of at least 4 members (excludes halogenated alkanes) is 2. The summed E-state index contributed by atoms with van der Waals surface area (Å²) in [6.07, 6.45) is 10.5. The van der Waals surface area contributed by atoms with Gasteiger partial charge >= 0.3 is 5.97 Å². The van der Waals surface area contributed by atoms with Crippen molar-refractivity contribution in [1.82, 2.24) is 31.5 Å². The average Bonchev–Trinajstić information content (AvgIpc) is 1.59. The number of rotatable bonds is 55. The van der Waals surface area contributed by atoms with Crippen molar-refractivity contribution < 1.29 is 75.4 Å². The van der Waals surface area contributed by atoms with Crippen molar-refractivity contribution in [1.29, 1.82) is 0 Å². The number of nitrogens with two attached hydrogens (primary N) is 10. The molecule has 5 rings (SSSR count). The fourth-order valence-corrected chi connectivity index (χ4v) is 16.4. The number of imide groups is 1. The molecular formula is C82H128N23O15S2+. The lowest BCUT2D eigenvalue weighted by Gasteiger charge is -2.26. The monoisotopic (exact) mass is 1740 g/mol. The van der Waals surface area contributed by atoms with Crippen molar-refractivity contribution >= 4 is 133 Å². The molecule has 2 aromatic rings. The number of aliphatic carboxylic acids is 1. The second-order valence-electron chi connectivity index (χ2n) is 31.9. The Morgan fingerprint density at radius 3 is 1.58 bits per heavy atom. The van der Waals surface area contributed by atoms with E-state index >= 15 is 0 Å². The molecule has 40 heteroatoms. The molecular weight excluding hydrogens is 1610 g/mol. The Hall–Kier alpha value is -11.3. The molecule has 3 heterocycles. The topological polar surface area (TPSA) is 654 Å². The Morgan fingerprint density at radius 2 is 1.10 bits per heavy atom. The number of carbonyl (C=O) groups excluding carboxylic acids is 10. The van der Waals surface area contributed by atoms with Crippen LogP contribution in [0.5, 0.6) is 0 Å². The molecule has 0 spiro atoms. The molecule has 3 aliphatic heterocycles. The number of amides is 7. The zero-order chi connectivity index (χ0) is 90.8. The van der Waals surface area contributed by atoms with Crippen molar-refractivity contribution in [2.45, 2.75) is 210 Å². The van der Waals surface area contributed by atoms with E-state index in [4.69, 9.17) is 57.3 Å². The fraction of sp³-hybridized carbons (Fsp3) is 0.573. The summed E-state index contributed by atoms with van der Waals surface area (Å²) in [6.45, 7) is 16.7. The van der Waals surface area contributed by atoms with Crippen molar-refractivity contribution in [3.63, 3.8) is 0 Å². The average molecular weight is 1740 g/mol. The number of nitrogens with zero attached hydrogens (tertiary/aromatic N) is 8. The van der Waals surface area contributed by atoms with Gasteiger partial charge in [-0.2, -0.15) is 13.0 Å². The standard InChI is InChI=1S/C82H127N23O15S2/c1-9-103-61-31-29-50(4)41-56(61)81(5,6)66(103)26-12-10-13-27-67-82(7,8)57-45-55(122(118,119)120)30-32-62(57)104(67)39-15-11-14-28-68(109)93-38-40-105-69(110)46-65(74(105)115)121-48-60(75(116)117)102-73(114)53(23-18-35-96-78(87)88)44-64(108)59(25-20-37-98-80(91)92)101-72(113)52(22-17-34-95-77(85)86)43-63(107)58(24-19-36-97-79(89)90)100-71(112)51(21-16-33-94-76(83)84)42-54(106)47-99-70(111)49(2)3/h10,12-13,26-27,29-32,41,45,49,51-53,58-60,65H,9,11,14-25,28,33-40,42-44,46-48H2,1-8H3,(H26-,83,84,85,86,87,88,89,90,91,92,93,94,95,96,97,98,99,100,101,102,109,111,112,113,114,116,117,118,119,120)/p+1/t51-,52-,53-,58+,59+,60+,65?/m0/s1. The highest BCUT2D eigenvalue weighted by Crippen LogP contribution is 2.48. The summed E-state index contributed by atoms with van der Waals surface area (Å²) in [4.78, 5) is 175. The second kappa shape index (κ2) is 49.0. The molecule has 0 radical (unpaired) electrons. The zero-order valence-electron chi connectivity index (χ0n) is 71.3. The highest BCUT2D eigenvalue weighted by molar-refractivity contribution is 8.00. The molecule has 122 heavy (non-hydrogen) atoms. The number of thioether (sulfide) groups is 1. The number of nitrogens with one attached hydrogen (secondary N) is 5. The van der Waals surface area contributed by atoms with E-state index in [-0.39, 0.29) is 188 Å². The first-order valence-corrected chi connectivity index (χ1v) is 43.7. The minimum absolute atomic E-state index is 0.000390. The molecule has 1 saturated heterocycles. The van der Waals surface area contributed by atoms with Crippen LogP contribution in [0.25, 0.3) is 0 Å². The van der Waals surface area contributed by atoms with Crippen LogP contribution in [0.3, 0.4) is 0 Å². The SMILES string of the molecule is CCN1C(=CC=CC=CC2=[N+](CCCCCC(=O)NCCN3C(=O)CC(SC[C@@H](NC(=O)[C@@H](CCCN=C(N)N)CC(=O)[C@@H](CCCN=C(N)N)NC(=O)[C@@H](CCCN=C(N)N)CC(=O)[C@@H](CCCN=C(N)N)NC(=O)[C@@H](CCCN=C(N)N)CC(=O)CNC(=O)C(C)C)C(=O)O)C3=O)c3ccc(S(=O)(=O)O)cc3C2(C)C)C(C)(C)c2cc(C)ccc21. The number of hydrogen-bond donors (Lipinski definition) is 17. The number of ketones is 3. The maximum absolute atomic E-state index is 14.8. The third kappa shape index (κ3) is 32.3. The van der Waals surface area contributed by atoms with Gasteiger partial charge in [0.05, 0.1) is 34.2 Å². The molecule has 0 saturated carbocycles. The van der Waals surface area contributed by atoms with E-state index in [1.165, 1.54) is 34.6 Å². The summed E-state index contributed by atoms with van der Waals surface area (Å²) in [7, 11) is -4.51. The van der Waals surface area contributed by atoms with E-state index in [1.54, 1.807) is 19.9 Å². The number of aryl methyl sites for hydroxylation is 1. The zero-order valence-corrected chi connectivity index (χ0v) is 73.0. The summed E-state index contributed by atoms with van der Waals surface area (Å²) in [5.74, 6) is -13.4. The normalized spacial score (nSPS) is 16.4. The van der Waals surface area contributed by atoms with E-state index in [1.807, 2.05) is 38.2 Å². The number of likely N-dealkylation sites (N-methyl/N-ethyl adjacent to an activating group) is 1. The van der Waals surface area contributed by atoms with Crippen molar-refractivity contribution in [3.05, 3.63) is 89.2 Å². The number of guanidine groups is 5. The third-order valence-electron chi connectivity index (χ3n) is 21.3. The summed E-state index contributed by atoms with van der Waals surface area (Å²) < 4.78 is 36.8. The number of aliphatic imine (C=N–C) groups is 5. The predicted octanol–water partition coefficient (Wildman–Crippen LogP) is 1.27. The lowest BCUT2D eigenvalue weighted by atomic mass is 9.81. The molecule has 0 bridgehead atoms. The predicted molar refractivity (Wildman–Crippen MR) is 472 cm³/mol. The Bertz CT molecular complexity index is 4460. The molecule has 0 aliphatic carbocycles. The largest absolute Gasteiger partial charge is 0.480 e. The van der Waals surface area contributed by atoms with Crippen LogP contribution in [0, 0.1) is 30.6 Å². The Balaban J connectivity index is 1.26. The van der Waals surface area contributed by atoms with Gasteiger partial charge in [0.15, 0.2) is 52.9 Å². The first-order valence-electron chi connectivity index (χ1n) is 41.2. The van der Waals surface area contributed by atoms with E-state index in [0.717, 1.165) is 40.2 Å². The van der Waals surface area contributed by atoms with Gasteiger partial charge in [0.2, 0.25) is 47.0 Å². The van der Waals surface area contributed by atoms with Gasteiger partial charge in [0, 0.05) is 155 Å². The van der Waals surface area contributed by atoms with E-state index < -0.39 is 134 Å². The molecule has 0 aromatic heterocycles. The van der Waals surface area contributed by atoms with Gasteiger partial charge in [-0.1, -0.05) is 63.6 Å². The smallest absolute Gasteiger partial charge is 0.327 e. The number of benzene rings is 2. The van der Waals surface area contributed by atoms with Gasteiger partial charge in [-0.05, 0) is 135 Å². The number of anilines is 1. The lowest BCUT2D eigenvalue weighted by molar-refractivity contribution is -0.438. The van der Waals surface area contributed by atoms with Gasteiger partial charge in [-0.25, -0.2) is 4.79 Å². The van der Waals surface area contributed by atoms with Crippen molar-refractivity contribution in [3.8, 4) is 0 Å². The maximum atomic E-state index is 14.8. The van der Waals surface area contributed by atoms with Crippen LogP contribution in [0.15, 0.2) is 102 Å². The number of Topliss-reactive ketones (excluding diaryl/α,β-unsaturated/α-hetero) is 3.